The second-order valence-electron chi connectivity index (χ2n) is 7.56. The minimum Gasteiger partial charge on any atom is -0.444 e. The van der Waals surface area contributed by atoms with Gasteiger partial charge in [0.15, 0.2) is 5.82 Å². The predicted octanol–water partition coefficient (Wildman–Crippen LogP) is 3.16. The van der Waals surface area contributed by atoms with Crippen LogP contribution in [0, 0.1) is 0 Å². The Morgan fingerprint density at radius 3 is 2.48 bits per heavy atom. The fourth-order valence-corrected chi connectivity index (χ4v) is 2.88. The summed E-state index contributed by atoms with van der Waals surface area (Å²) >= 11 is 0. The number of carbonyl (C=O) groups is 1. The summed E-state index contributed by atoms with van der Waals surface area (Å²) in [5, 5.41) is 0. The lowest BCUT2D eigenvalue weighted by atomic mass is 10.2. The lowest BCUT2D eigenvalue weighted by Gasteiger charge is -2.36. The molecule has 27 heavy (non-hydrogen) atoms. The van der Waals surface area contributed by atoms with E-state index in [1.54, 1.807) is 11.1 Å². The highest BCUT2D eigenvalue weighted by molar-refractivity contribution is 5.68. The number of ether oxygens (including phenoxy) is 1. The summed E-state index contributed by atoms with van der Waals surface area (Å²) < 4.78 is 5.47. The van der Waals surface area contributed by atoms with Crippen molar-refractivity contribution in [2.24, 2.45) is 0 Å². The number of nitrogens with zero attached hydrogens (tertiary/aromatic N) is 5. The molecule has 7 heteroatoms. The van der Waals surface area contributed by atoms with Crippen LogP contribution in [0.2, 0.25) is 0 Å². The van der Waals surface area contributed by atoms with Crippen LogP contribution in [0.5, 0.6) is 0 Å². The highest BCUT2D eigenvalue weighted by Crippen LogP contribution is 2.21. The highest BCUT2D eigenvalue weighted by atomic mass is 16.6. The van der Waals surface area contributed by atoms with E-state index in [9.17, 15) is 4.79 Å². The molecule has 0 saturated carbocycles. The normalized spacial score (nSPS) is 15.0. The number of amides is 1. The molecular weight excluding hydrogens is 342 g/mol. The number of hydrogen-bond donors (Lipinski definition) is 0. The van der Waals surface area contributed by atoms with E-state index in [0.29, 0.717) is 32.0 Å². The Morgan fingerprint density at radius 2 is 1.89 bits per heavy atom. The minimum absolute atomic E-state index is 0.256. The highest BCUT2D eigenvalue weighted by Gasteiger charge is 2.26. The van der Waals surface area contributed by atoms with Crippen LogP contribution in [0.15, 0.2) is 30.5 Å². The predicted molar refractivity (Wildman–Crippen MR) is 105 cm³/mol. The molecule has 3 rings (SSSR count). The van der Waals surface area contributed by atoms with Crippen molar-refractivity contribution in [2.75, 3.05) is 31.1 Å². The molecule has 0 radical (unpaired) electrons. The molecule has 1 fully saturated rings. The maximum absolute atomic E-state index is 12.2. The van der Waals surface area contributed by atoms with Crippen LogP contribution < -0.4 is 4.90 Å². The van der Waals surface area contributed by atoms with Crippen molar-refractivity contribution >= 4 is 11.9 Å². The summed E-state index contributed by atoms with van der Waals surface area (Å²) in [5.41, 5.74) is 1.27. The lowest BCUT2D eigenvalue weighted by Crippen LogP contribution is -2.50. The Bertz CT molecular complexity index is 781. The van der Waals surface area contributed by atoms with E-state index in [2.05, 4.69) is 21.8 Å². The molecule has 3 heterocycles. The Hall–Kier alpha value is -2.70. The van der Waals surface area contributed by atoms with Gasteiger partial charge in [0.05, 0.1) is 0 Å². The average Bonchev–Trinajstić information content (AvgIpc) is 2.67. The first kappa shape index (κ1) is 19.1. The Labute approximate surface area is 160 Å². The second kappa shape index (κ2) is 7.90. The van der Waals surface area contributed by atoms with E-state index < -0.39 is 5.60 Å². The third-order valence-corrected chi connectivity index (χ3v) is 4.28. The van der Waals surface area contributed by atoms with E-state index in [1.807, 2.05) is 45.0 Å². The van der Waals surface area contributed by atoms with Crippen LogP contribution in [0.3, 0.4) is 0 Å². The zero-order chi connectivity index (χ0) is 19.4. The largest absolute Gasteiger partial charge is 0.444 e. The third-order valence-electron chi connectivity index (χ3n) is 4.28. The van der Waals surface area contributed by atoms with Gasteiger partial charge in [-0.3, -0.25) is 4.98 Å². The van der Waals surface area contributed by atoms with Crippen LogP contribution in [0.4, 0.5) is 10.6 Å². The number of carbonyl (C=O) groups excluding carboxylic acids is 1. The zero-order valence-corrected chi connectivity index (χ0v) is 16.5. The van der Waals surface area contributed by atoms with Crippen LogP contribution in [0.25, 0.3) is 11.5 Å². The maximum atomic E-state index is 12.2. The van der Waals surface area contributed by atoms with Crippen LogP contribution >= 0.6 is 0 Å². The number of hydrogen-bond acceptors (Lipinski definition) is 6. The summed E-state index contributed by atoms with van der Waals surface area (Å²) in [5.74, 6) is 1.52. The van der Waals surface area contributed by atoms with E-state index in [0.717, 1.165) is 23.6 Å². The van der Waals surface area contributed by atoms with Crippen LogP contribution in [-0.4, -0.2) is 57.7 Å². The van der Waals surface area contributed by atoms with Crippen molar-refractivity contribution in [3.63, 3.8) is 0 Å². The first-order valence-electron chi connectivity index (χ1n) is 9.38. The van der Waals surface area contributed by atoms with Crippen molar-refractivity contribution < 1.29 is 9.53 Å². The zero-order valence-electron chi connectivity index (χ0n) is 16.5. The molecule has 1 amide bonds. The standard InChI is InChI=1S/C20H27N5O2/c1-5-15-14-17(23-18(22-15)16-8-6-7-9-21-16)24-10-12-25(13-11-24)19(26)27-20(2,3)4/h6-9,14H,5,10-13H2,1-4H3. The molecule has 1 saturated heterocycles. The van der Waals surface area contributed by atoms with Crippen molar-refractivity contribution in [3.8, 4) is 11.5 Å². The van der Waals surface area contributed by atoms with E-state index in [4.69, 9.17) is 9.72 Å². The quantitative estimate of drug-likeness (QED) is 0.828. The molecule has 2 aromatic rings. The first-order valence-corrected chi connectivity index (χ1v) is 9.38. The summed E-state index contributed by atoms with van der Waals surface area (Å²) in [7, 11) is 0. The molecule has 0 aliphatic carbocycles. The number of aromatic nitrogens is 3. The van der Waals surface area contributed by atoms with Gasteiger partial charge < -0.3 is 14.5 Å². The Kier molecular flexibility index (Phi) is 5.58. The molecule has 0 aromatic carbocycles. The molecule has 0 spiro atoms. The molecule has 0 unspecified atom stereocenters. The number of rotatable bonds is 3. The Balaban J connectivity index is 1.73. The van der Waals surface area contributed by atoms with E-state index in [-0.39, 0.29) is 6.09 Å². The van der Waals surface area contributed by atoms with Gasteiger partial charge in [-0.25, -0.2) is 14.8 Å². The van der Waals surface area contributed by atoms with Gasteiger partial charge in [0.1, 0.15) is 17.1 Å². The van der Waals surface area contributed by atoms with Gasteiger partial charge in [-0.15, -0.1) is 0 Å². The van der Waals surface area contributed by atoms with Crippen molar-refractivity contribution in [1.29, 1.82) is 0 Å². The molecule has 1 aliphatic rings. The molecule has 1 aliphatic heterocycles. The van der Waals surface area contributed by atoms with Crippen molar-refractivity contribution in [1.82, 2.24) is 19.9 Å². The van der Waals surface area contributed by atoms with E-state index in [1.165, 1.54) is 0 Å². The number of pyridine rings is 1. The average molecular weight is 369 g/mol. The van der Waals surface area contributed by atoms with Crippen molar-refractivity contribution in [2.45, 2.75) is 39.7 Å². The fourth-order valence-electron chi connectivity index (χ4n) is 2.88. The summed E-state index contributed by atoms with van der Waals surface area (Å²) in [6.07, 6.45) is 2.32. The third kappa shape index (κ3) is 4.93. The molecule has 144 valence electrons. The molecular formula is C20H27N5O2. The van der Waals surface area contributed by atoms with Gasteiger partial charge in [-0.2, -0.15) is 0 Å². The van der Waals surface area contributed by atoms with Gasteiger partial charge in [0, 0.05) is 44.1 Å². The second-order valence-corrected chi connectivity index (χ2v) is 7.56. The maximum Gasteiger partial charge on any atom is 0.410 e. The summed E-state index contributed by atoms with van der Waals surface area (Å²) in [6, 6.07) is 7.75. The summed E-state index contributed by atoms with van der Waals surface area (Å²) in [6.45, 7) is 10.4. The molecule has 0 bridgehead atoms. The van der Waals surface area contributed by atoms with Crippen LogP contribution in [-0.2, 0) is 11.2 Å². The fraction of sp³-hybridized carbons (Fsp3) is 0.500. The van der Waals surface area contributed by atoms with Gasteiger partial charge in [0.25, 0.3) is 0 Å². The SMILES string of the molecule is CCc1cc(N2CCN(C(=O)OC(C)(C)C)CC2)nc(-c2ccccn2)n1. The smallest absolute Gasteiger partial charge is 0.410 e. The molecule has 0 atom stereocenters. The lowest BCUT2D eigenvalue weighted by molar-refractivity contribution is 0.0240. The topological polar surface area (TPSA) is 71.5 Å². The van der Waals surface area contributed by atoms with E-state index >= 15 is 0 Å². The number of anilines is 1. The molecule has 7 nitrogen and oxygen atoms in total. The first-order chi connectivity index (χ1) is 12.9. The van der Waals surface area contributed by atoms with Gasteiger partial charge in [-0.1, -0.05) is 13.0 Å². The Morgan fingerprint density at radius 1 is 1.15 bits per heavy atom. The van der Waals surface area contributed by atoms with Gasteiger partial charge in [0.2, 0.25) is 0 Å². The number of aryl methyl sites for hydroxylation is 1. The summed E-state index contributed by atoms with van der Waals surface area (Å²) in [4.78, 5) is 29.9. The van der Waals surface area contributed by atoms with Crippen molar-refractivity contribution in [3.05, 3.63) is 36.2 Å². The monoisotopic (exact) mass is 369 g/mol. The van der Waals surface area contributed by atoms with Gasteiger partial charge >= 0.3 is 6.09 Å². The molecule has 2 aromatic heterocycles. The minimum atomic E-state index is -0.478. The number of piperazine rings is 1. The molecule has 0 N–H and O–H groups in total. The van der Waals surface area contributed by atoms with Crippen LogP contribution in [0.1, 0.15) is 33.4 Å². The van der Waals surface area contributed by atoms with Gasteiger partial charge in [-0.05, 0) is 39.3 Å².